The molecule has 1 N–H and O–H groups in total. The number of hydrogen-bond acceptors (Lipinski definition) is 2. The number of hydrogen-bond donors (Lipinski definition) is 1. The van der Waals surface area contributed by atoms with E-state index in [9.17, 15) is 4.79 Å². The summed E-state index contributed by atoms with van der Waals surface area (Å²) in [6, 6.07) is 13.4. The van der Waals surface area contributed by atoms with Crippen molar-refractivity contribution in [2.24, 2.45) is 0 Å². The lowest BCUT2D eigenvalue weighted by Crippen LogP contribution is -3.00. The summed E-state index contributed by atoms with van der Waals surface area (Å²) in [7, 11) is 1.62. The Morgan fingerprint density at radius 2 is 1.77 bits per heavy atom. The van der Waals surface area contributed by atoms with Gasteiger partial charge in [-0.25, -0.2) is 4.57 Å². The van der Waals surface area contributed by atoms with E-state index in [1.165, 1.54) is 0 Å². The summed E-state index contributed by atoms with van der Waals surface area (Å²) in [6.45, 7) is 0.941. The predicted molar refractivity (Wildman–Crippen MR) is 82.1 cm³/mol. The number of amides is 1. The third-order valence-electron chi connectivity index (χ3n) is 3.22. The van der Waals surface area contributed by atoms with Crippen LogP contribution in [0.3, 0.4) is 0 Å². The van der Waals surface area contributed by atoms with Gasteiger partial charge in [0.15, 0.2) is 12.4 Å². The minimum absolute atomic E-state index is 0. The first-order valence-corrected chi connectivity index (χ1v) is 7.16. The number of ether oxygens (including phenoxy) is 1. The van der Waals surface area contributed by atoms with Crippen molar-refractivity contribution < 1.29 is 31.1 Å². The maximum absolute atomic E-state index is 11.8. The third-order valence-corrected chi connectivity index (χ3v) is 3.22. The number of nitrogens with one attached hydrogen (secondary N) is 1. The number of methoxy groups -OCH3 is 1. The van der Waals surface area contributed by atoms with Gasteiger partial charge in [0.1, 0.15) is 12.3 Å². The van der Waals surface area contributed by atoms with Crippen LogP contribution in [0, 0.1) is 0 Å². The van der Waals surface area contributed by atoms with E-state index in [1.54, 1.807) is 7.11 Å². The molecule has 4 nitrogen and oxygen atoms in total. The van der Waals surface area contributed by atoms with Crippen LogP contribution in [0.4, 0.5) is 5.69 Å². The number of aromatic nitrogens is 1. The molecule has 1 aromatic heterocycles. The lowest BCUT2D eigenvalue weighted by atomic mass is 10.2. The molecule has 2 aromatic rings. The lowest BCUT2D eigenvalue weighted by Gasteiger charge is -2.05. The summed E-state index contributed by atoms with van der Waals surface area (Å²) in [5.41, 5.74) is 0.804. The molecule has 1 heterocycles. The SMILES string of the molecule is COc1ccc(NC(=O)CCCC[n+]2ccccc2)cc1.[Br-]. The first-order valence-electron chi connectivity index (χ1n) is 7.16. The van der Waals surface area contributed by atoms with Crippen molar-refractivity contribution in [3.63, 3.8) is 0 Å². The Kier molecular flexibility index (Phi) is 8.22. The number of nitrogens with zero attached hydrogens (tertiary/aromatic N) is 1. The van der Waals surface area contributed by atoms with Gasteiger partial charge in [0.2, 0.25) is 5.91 Å². The number of pyridine rings is 1. The first-order chi connectivity index (χ1) is 10.3. The molecule has 0 unspecified atom stereocenters. The van der Waals surface area contributed by atoms with Crippen LogP contribution in [-0.4, -0.2) is 13.0 Å². The monoisotopic (exact) mass is 364 g/mol. The summed E-state index contributed by atoms with van der Waals surface area (Å²) in [4.78, 5) is 11.8. The fourth-order valence-corrected chi connectivity index (χ4v) is 2.06. The van der Waals surface area contributed by atoms with Crippen molar-refractivity contribution in [3.05, 3.63) is 54.9 Å². The second-order valence-electron chi connectivity index (χ2n) is 4.85. The van der Waals surface area contributed by atoms with Gasteiger partial charge < -0.3 is 27.0 Å². The molecular formula is C17H21BrN2O2. The Morgan fingerprint density at radius 3 is 2.41 bits per heavy atom. The number of aryl methyl sites for hydroxylation is 1. The van der Waals surface area contributed by atoms with Crippen molar-refractivity contribution in [1.82, 2.24) is 0 Å². The van der Waals surface area contributed by atoms with Crippen molar-refractivity contribution in [3.8, 4) is 5.75 Å². The summed E-state index contributed by atoms with van der Waals surface area (Å²) >= 11 is 0. The highest BCUT2D eigenvalue weighted by molar-refractivity contribution is 5.90. The topological polar surface area (TPSA) is 42.2 Å². The molecule has 0 aliphatic carbocycles. The lowest BCUT2D eigenvalue weighted by molar-refractivity contribution is -0.697. The average Bonchev–Trinajstić information content (AvgIpc) is 2.53. The van der Waals surface area contributed by atoms with E-state index >= 15 is 0 Å². The average molecular weight is 365 g/mol. The molecule has 118 valence electrons. The maximum atomic E-state index is 11.8. The Bertz CT molecular complexity index is 559. The van der Waals surface area contributed by atoms with E-state index in [-0.39, 0.29) is 22.9 Å². The zero-order valence-electron chi connectivity index (χ0n) is 12.7. The van der Waals surface area contributed by atoms with Gasteiger partial charge in [-0.3, -0.25) is 4.79 Å². The Balaban J connectivity index is 0.00000242. The Labute approximate surface area is 141 Å². The van der Waals surface area contributed by atoms with Crippen molar-refractivity contribution >= 4 is 11.6 Å². The molecule has 0 bridgehead atoms. The van der Waals surface area contributed by atoms with Crippen LogP contribution in [0.25, 0.3) is 0 Å². The number of carbonyl (C=O) groups is 1. The van der Waals surface area contributed by atoms with Gasteiger partial charge in [0, 0.05) is 30.7 Å². The molecule has 0 aliphatic rings. The van der Waals surface area contributed by atoms with Crippen LogP contribution >= 0.6 is 0 Å². The molecule has 0 radical (unpaired) electrons. The van der Waals surface area contributed by atoms with E-state index in [4.69, 9.17) is 4.74 Å². The van der Waals surface area contributed by atoms with Crippen molar-refractivity contribution in [2.45, 2.75) is 25.8 Å². The van der Waals surface area contributed by atoms with E-state index in [2.05, 4.69) is 9.88 Å². The smallest absolute Gasteiger partial charge is 0.224 e. The number of halogens is 1. The molecule has 1 aromatic carbocycles. The Hall–Kier alpha value is -1.88. The molecule has 0 fully saturated rings. The molecular weight excluding hydrogens is 344 g/mol. The molecule has 22 heavy (non-hydrogen) atoms. The fourth-order valence-electron chi connectivity index (χ4n) is 2.06. The molecule has 0 aliphatic heterocycles. The van der Waals surface area contributed by atoms with Gasteiger partial charge in [-0.15, -0.1) is 0 Å². The first kappa shape index (κ1) is 18.2. The molecule has 0 saturated heterocycles. The van der Waals surface area contributed by atoms with Crippen LogP contribution < -0.4 is 31.6 Å². The number of carbonyl (C=O) groups excluding carboxylic acids is 1. The van der Waals surface area contributed by atoms with E-state index < -0.39 is 0 Å². The molecule has 1 amide bonds. The summed E-state index contributed by atoms with van der Waals surface area (Å²) < 4.78 is 7.21. The highest BCUT2D eigenvalue weighted by Crippen LogP contribution is 2.15. The molecule has 0 saturated carbocycles. The minimum Gasteiger partial charge on any atom is -1.00 e. The summed E-state index contributed by atoms with van der Waals surface area (Å²) in [5.74, 6) is 0.839. The van der Waals surface area contributed by atoms with Gasteiger partial charge in [0.05, 0.1) is 7.11 Å². The highest BCUT2D eigenvalue weighted by Gasteiger charge is 2.04. The van der Waals surface area contributed by atoms with Crippen LogP contribution in [0.2, 0.25) is 0 Å². The van der Waals surface area contributed by atoms with Crippen LogP contribution in [0.1, 0.15) is 19.3 Å². The molecule has 0 spiro atoms. The quantitative estimate of drug-likeness (QED) is 0.545. The number of rotatable bonds is 7. The predicted octanol–water partition coefficient (Wildman–Crippen LogP) is -0.204. The highest BCUT2D eigenvalue weighted by atomic mass is 79.9. The number of anilines is 1. The van der Waals surface area contributed by atoms with E-state index in [0.717, 1.165) is 30.8 Å². The molecule has 2 rings (SSSR count). The Morgan fingerprint density at radius 1 is 1.09 bits per heavy atom. The summed E-state index contributed by atoms with van der Waals surface area (Å²) in [6.07, 6.45) is 6.49. The van der Waals surface area contributed by atoms with Crippen LogP contribution in [0.5, 0.6) is 5.75 Å². The normalized spacial score (nSPS) is 9.68. The van der Waals surface area contributed by atoms with E-state index in [1.807, 2.05) is 54.9 Å². The van der Waals surface area contributed by atoms with Crippen LogP contribution in [-0.2, 0) is 11.3 Å². The van der Waals surface area contributed by atoms with E-state index in [0.29, 0.717) is 6.42 Å². The third kappa shape index (κ3) is 6.26. The minimum atomic E-state index is 0. The van der Waals surface area contributed by atoms with Gasteiger partial charge in [-0.05, 0) is 30.7 Å². The maximum Gasteiger partial charge on any atom is 0.224 e. The number of benzene rings is 1. The van der Waals surface area contributed by atoms with Gasteiger partial charge in [-0.2, -0.15) is 0 Å². The zero-order valence-corrected chi connectivity index (χ0v) is 14.3. The largest absolute Gasteiger partial charge is 1.00 e. The number of unbranched alkanes of at least 4 members (excludes halogenated alkanes) is 1. The van der Waals surface area contributed by atoms with Crippen molar-refractivity contribution in [1.29, 1.82) is 0 Å². The molecule has 0 atom stereocenters. The fraction of sp³-hybridized carbons (Fsp3) is 0.294. The van der Waals surface area contributed by atoms with Gasteiger partial charge in [0.25, 0.3) is 0 Å². The van der Waals surface area contributed by atoms with Gasteiger partial charge >= 0.3 is 0 Å². The van der Waals surface area contributed by atoms with Crippen LogP contribution in [0.15, 0.2) is 54.9 Å². The molecule has 5 heteroatoms. The second-order valence-corrected chi connectivity index (χ2v) is 4.85. The summed E-state index contributed by atoms with van der Waals surface area (Å²) in [5, 5.41) is 2.89. The second kappa shape index (κ2) is 9.95. The standard InChI is InChI=1S/C17H20N2O2.BrH/c1-21-16-10-8-15(9-11-16)18-17(20)7-3-6-14-19-12-4-2-5-13-19;/h2,4-5,8-13H,3,6-7,14H2,1H3;1H. The zero-order chi connectivity index (χ0) is 14.9. The van der Waals surface area contributed by atoms with Crippen molar-refractivity contribution in [2.75, 3.05) is 12.4 Å². The van der Waals surface area contributed by atoms with Gasteiger partial charge in [-0.1, -0.05) is 6.07 Å².